The third-order valence-electron chi connectivity index (χ3n) is 5.69. The Labute approximate surface area is 166 Å². The van der Waals surface area contributed by atoms with Crippen LogP contribution in [-0.2, 0) is 9.59 Å². The second-order valence-electron chi connectivity index (χ2n) is 8.31. The first-order valence-electron chi connectivity index (χ1n) is 10.4. The minimum absolute atomic E-state index is 0.206. The molecular formula is C21H44N2O4. The largest absolute Gasteiger partial charge is 0.543 e. The van der Waals surface area contributed by atoms with E-state index in [0.29, 0.717) is 0 Å². The van der Waals surface area contributed by atoms with E-state index in [4.69, 9.17) is 15.6 Å². The molecule has 2 atom stereocenters. The maximum atomic E-state index is 11.3. The number of carboxylic acid groups (broad SMARTS) is 2. The molecule has 0 amide bonds. The fraction of sp³-hybridized carbons (Fsp3) is 0.905. The van der Waals surface area contributed by atoms with Crippen LogP contribution in [0, 0.1) is 0 Å². The van der Waals surface area contributed by atoms with Gasteiger partial charge in [0, 0.05) is 13.8 Å². The first-order valence-corrected chi connectivity index (χ1v) is 10.4. The van der Waals surface area contributed by atoms with Gasteiger partial charge < -0.3 is 19.5 Å². The van der Waals surface area contributed by atoms with Crippen molar-refractivity contribution < 1.29 is 24.3 Å². The van der Waals surface area contributed by atoms with Crippen molar-refractivity contribution in [2.45, 2.75) is 110 Å². The molecule has 3 N–H and O–H groups in total. The van der Waals surface area contributed by atoms with Crippen LogP contribution in [0.5, 0.6) is 0 Å². The Morgan fingerprint density at radius 3 is 1.67 bits per heavy atom. The lowest BCUT2D eigenvalue weighted by molar-refractivity contribution is -0.953. The molecule has 0 aliphatic heterocycles. The van der Waals surface area contributed by atoms with Crippen LogP contribution in [0.3, 0.4) is 0 Å². The first-order chi connectivity index (χ1) is 12.4. The molecule has 6 nitrogen and oxygen atoms in total. The van der Waals surface area contributed by atoms with Crippen molar-refractivity contribution >= 4 is 11.9 Å². The van der Waals surface area contributed by atoms with Crippen molar-refractivity contribution in [2.75, 3.05) is 14.1 Å². The van der Waals surface area contributed by atoms with Gasteiger partial charge in [0.05, 0.1) is 20.1 Å². The van der Waals surface area contributed by atoms with Crippen LogP contribution < -0.4 is 10.8 Å². The van der Waals surface area contributed by atoms with E-state index in [1.54, 1.807) is 6.92 Å². The third kappa shape index (κ3) is 12.8. The number of hydrogen-bond donors (Lipinski definition) is 2. The van der Waals surface area contributed by atoms with Gasteiger partial charge in [-0.3, -0.25) is 10.5 Å². The van der Waals surface area contributed by atoms with E-state index in [1.165, 1.54) is 57.8 Å². The van der Waals surface area contributed by atoms with Gasteiger partial charge in [-0.25, -0.2) is 0 Å². The zero-order chi connectivity index (χ0) is 21.5. The van der Waals surface area contributed by atoms with Crippen LogP contribution in [-0.4, -0.2) is 47.3 Å². The third-order valence-corrected chi connectivity index (χ3v) is 5.69. The fourth-order valence-corrected chi connectivity index (χ4v) is 2.94. The molecule has 0 aromatic rings. The summed E-state index contributed by atoms with van der Waals surface area (Å²) in [4.78, 5) is 20.3. The van der Waals surface area contributed by atoms with Gasteiger partial charge in [0.25, 0.3) is 5.97 Å². The fourth-order valence-electron chi connectivity index (χ4n) is 2.94. The molecule has 0 aliphatic rings. The van der Waals surface area contributed by atoms with E-state index in [9.17, 15) is 9.90 Å². The maximum Gasteiger partial charge on any atom is 0.300 e. The van der Waals surface area contributed by atoms with Crippen LogP contribution in [0.4, 0.5) is 0 Å². The zero-order valence-corrected chi connectivity index (χ0v) is 18.6. The lowest BCUT2D eigenvalue weighted by atomic mass is 10.0. The van der Waals surface area contributed by atoms with Gasteiger partial charge in [-0.05, 0) is 19.8 Å². The van der Waals surface area contributed by atoms with Gasteiger partial charge in [-0.1, -0.05) is 64.7 Å². The predicted octanol–water partition coefficient (Wildman–Crippen LogP) is 3.28. The summed E-state index contributed by atoms with van der Waals surface area (Å²) in [5.41, 5.74) is 4.62. The van der Waals surface area contributed by atoms with Gasteiger partial charge in [0.1, 0.15) is 5.97 Å². The monoisotopic (exact) mass is 388 g/mol. The minimum Gasteiger partial charge on any atom is -0.543 e. The van der Waals surface area contributed by atoms with Crippen molar-refractivity contribution in [2.24, 2.45) is 5.73 Å². The zero-order valence-electron chi connectivity index (χ0n) is 18.6. The first kappa shape index (κ1) is 28.1. The summed E-state index contributed by atoms with van der Waals surface area (Å²) < 4.78 is 0.257. The highest BCUT2D eigenvalue weighted by atomic mass is 16.4. The second-order valence-corrected chi connectivity index (χ2v) is 8.31. The van der Waals surface area contributed by atoms with E-state index >= 15 is 0 Å². The molecule has 0 saturated carbocycles. The van der Waals surface area contributed by atoms with E-state index in [0.717, 1.165) is 19.8 Å². The number of nitrogens with zero attached hydrogens (tertiary/aromatic N) is 1. The lowest BCUT2D eigenvalue weighted by Crippen LogP contribution is -2.73. The number of likely N-dealkylation sites (N-methyl/N-ethyl adjacent to an activating group) is 1. The van der Waals surface area contributed by atoms with Crippen LogP contribution in [0.1, 0.15) is 98.3 Å². The SMILES string of the molecule is CC(=O)O.CCCCCCCCCCCCC(C)[N+](C)(C)C(C)(N)C(=O)[O-]. The Morgan fingerprint density at radius 2 is 1.33 bits per heavy atom. The number of aliphatic carboxylic acids is 2. The highest BCUT2D eigenvalue weighted by molar-refractivity contribution is 5.73. The molecule has 0 spiro atoms. The molecule has 0 saturated heterocycles. The molecule has 0 rings (SSSR count). The Bertz CT molecular complexity index is 405. The molecule has 162 valence electrons. The molecule has 0 radical (unpaired) electrons. The van der Waals surface area contributed by atoms with Crippen molar-refractivity contribution in [1.29, 1.82) is 0 Å². The van der Waals surface area contributed by atoms with E-state index < -0.39 is 17.6 Å². The predicted molar refractivity (Wildman–Crippen MR) is 109 cm³/mol. The Morgan fingerprint density at radius 1 is 1.00 bits per heavy atom. The number of carboxylic acids is 2. The molecule has 0 aromatic carbocycles. The average Bonchev–Trinajstić information content (AvgIpc) is 2.55. The van der Waals surface area contributed by atoms with Crippen molar-refractivity contribution in [3.63, 3.8) is 0 Å². The lowest BCUT2D eigenvalue weighted by Gasteiger charge is -2.48. The summed E-state index contributed by atoms with van der Waals surface area (Å²) in [7, 11) is 3.77. The standard InChI is InChI=1S/C19H40N2O2.C2H4O2/c1-6-7-8-9-10-11-12-13-14-15-16-17(2)21(4,5)19(3,20)18(22)23;1-2(3)4/h17H,6-16,20H2,1-5H3;1H3,(H,3,4). The van der Waals surface area contributed by atoms with Crippen LogP contribution >= 0.6 is 0 Å². The minimum atomic E-state index is -1.35. The molecule has 0 heterocycles. The second kappa shape index (κ2) is 14.9. The van der Waals surface area contributed by atoms with Gasteiger partial charge in [-0.2, -0.15) is 0 Å². The van der Waals surface area contributed by atoms with Crippen molar-refractivity contribution in [3.05, 3.63) is 0 Å². The van der Waals surface area contributed by atoms with Gasteiger partial charge in [0.2, 0.25) is 0 Å². The average molecular weight is 389 g/mol. The topological polar surface area (TPSA) is 103 Å². The van der Waals surface area contributed by atoms with E-state index in [1.807, 2.05) is 14.1 Å². The summed E-state index contributed by atoms with van der Waals surface area (Å²) >= 11 is 0. The van der Waals surface area contributed by atoms with Crippen LogP contribution in [0.25, 0.3) is 0 Å². The number of rotatable bonds is 14. The molecule has 2 unspecified atom stereocenters. The summed E-state index contributed by atoms with van der Waals surface area (Å²) in [6, 6.07) is 0.206. The molecule has 0 bridgehead atoms. The number of carbonyl (C=O) groups excluding carboxylic acids is 1. The Hall–Kier alpha value is -1.14. The number of unbranched alkanes of at least 4 members (excludes halogenated alkanes) is 9. The highest BCUT2D eigenvalue weighted by Crippen LogP contribution is 2.23. The highest BCUT2D eigenvalue weighted by Gasteiger charge is 2.42. The summed E-state index contributed by atoms with van der Waals surface area (Å²) in [5.74, 6) is -2.02. The summed E-state index contributed by atoms with van der Waals surface area (Å²) in [5, 5.41) is 18.7. The van der Waals surface area contributed by atoms with Crippen molar-refractivity contribution in [3.8, 4) is 0 Å². The summed E-state index contributed by atoms with van der Waals surface area (Å²) in [6.07, 6.45) is 14.2. The van der Waals surface area contributed by atoms with Crippen LogP contribution in [0.2, 0.25) is 0 Å². The van der Waals surface area contributed by atoms with E-state index in [-0.39, 0.29) is 10.5 Å². The number of hydrogen-bond acceptors (Lipinski definition) is 4. The molecular weight excluding hydrogens is 344 g/mol. The van der Waals surface area contributed by atoms with Gasteiger partial charge in [-0.15, -0.1) is 0 Å². The molecule has 27 heavy (non-hydrogen) atoms. The van der Waals surface area contributed by atoms with E-state index in [2.05, 4.69) is 13.8 Å². The number of carbonyl (C=O) groups is 2. The van der Waals surface area contributed by atoms with Gasteiger partial charge >= 0.3 is 0 Å². The smallest absolute Gasteiger partial charge is 0.300 e. The van der Waals surface area contributed by atoms with Gasteiger partial charge in [0.15, 0.2) is 5.66 Å². The molecule has 0 aromatic heterocycles. The van der Waals surface area contributed by atoms with Crippen molar-refractivity contribution in [1.82, 2.24) is 0 Å². The molecule has 0 aliphatic carbocycles. The Balaban J connectivity index is 0. The quantitative estimate of drug-likeness (QED) is 0.270. The molecule has 6 heteroatoms. The molecule has 0 fully saturated rings. The maximum absolute atomic E-state index is 11.3. The number of quaternary nitrogens is 1. The van der Waals surface area contributed by atoms with Crippen LogP contribution in [0.15, 0.2) is 0 Å². The summed E-state index contributed by atoms with van der Waals surface area (Å²) in [6.45, 7) is 6.97. The number of nitrogens with two attached hydrogens (primary N) is 1. The normalized spacial score (nSPS) is 14.6. The Kier molecular flexibility index (Phi) is 15.5.